The highest BCUT2D eigenvalue weighted by Crippen LogP contribution is 2.27. The van der Waals surface area contributed by atoms with Crippen LogP contribution in [0, 0.1) is 11.7 Å². The second-order valence-corrected chi connectivity index (χ2v) is 9.56. The van der Waals surface area contributed by atoms with E-state index in [1.807, 2.05) is 6.92 Å². The molecular formula is C21H24ClFN2O3S. The van der Waals surface area contributed by atoms with Gasteiger partial charge in [-0.3, -0.25) is 4.79 Å². The Labute approximate surface area is 175 Å². The number of rotatable bonds is 6. The van der Waals surface area contributed by atoms with Gasteiger partial charge in [0.15, 0.2) is 0 Å². The molecule has 156 valence electrons. The summed E-state index contributed by atoms with van der Waals surface area (Å²) in [6.45, 7) is 1.86. The van der Waals surface area contributed by atoms with Crippen molar-refractivity contribution in [3.63, 3.8) is 0 Å². The average Bonchev–Trinajstić information content (AvgIpc) is 2.68. The number of benzene rings is 2. The molecule has 1 fully saturated rings. The van der Waals surface area contributed by atoms with Gasteiger partial charge in [-0.2, -0.15) is 0 Å². The summed E-state index contributed by atoms with van der Waals surface area (Å²) in [6.07, 6.45) is 2.38. The maximum Gasteiger partial charge on any atom is 0.240 e. The first kappa shape index (κ1) is 21.7. The van der Waals surface area contributed by atoms with Gasteiger partial charge in [-0.25, -0.2) is 17.5 Å². The molecule has 0 aliphatic heterocycles. The standard InChI is InChI=1S/C21H24ClFN2O3S/c1-14(15-5-9-18(23)10-6-15)24-21(26)16-7-11-19(12-8-16)25-29(27,28)20-4-2-3-17(22)13-20/h2-6,9-10,13-14,16,19,25H,7-8,11-12H2,1H3,(H,24,26)/t14-,16-,19-/m1/s1. The van der Waals surface area contributed by atoms with E-state index in [9.17, 15) is 17.6 Å². The molecule has 1 aliphatic carbocycles. The Morgan fingerprint density at radius 3 is 2.38 bits per heavy atom. The van der Waals surface area contributed by atoms with E-state index in [2.05, 4.69) is 10.0 Å². The van der Waals surface area contributed by atoms with Gasteiger partial charge < -0.3 is 5.32 Å². The monoisotopic (exact) mass is 438 g/mol. The maximum atomic E-state index is 13.0. The Morgan fingerprint density at radius 2 is 1.76 bits per heavy atom. The summed E-state index contributed by atoms with van der Waals surface area (Å²) in [5.74, 6) is -0.534. The van der Waals surface area contributed by atoms with Crippen LogP contribution in [0.2, 0.25) is 5.02 Å². The summed E-state index contributed by atoms with van der Waals surface area (Å²) in [4.78, 5) is 12.7. The highest BCUT2D eigenvalue weighted by Gasteiger charge is 2.29. The van der Waals surface area contributed by atoms with E-state index in [1.165, 1.54) is 24.3 Å². The molecule has 5 nitrogen and oxygen atoms in total. The minimum Gasteiger partial charge on any atom is -0.349 e. The molecular weight excluding hydrogens is 415 g/mol. The van der Waals surface area contributed by atoms with Gasteiger partial charge >= 0.3 is 0 Å². The number of halogens is 2. The van der Waals surface area contributed by atoms with Crippen molar-refractivity contribution >= 4 is 27.5 Å². The fourth-order valence-corrected chi connectivity index (χ4v) is 5.17. The van der Waals surface area contributed by atoms with Crippen molar-refractivity contribution in [2.24, 2.45) is 5.92 Å². The van der Waals surface area contributed by atoms with Crippen LogP contribution in [-0.4, -0.2) is 20.4 Å². The number of nitrogens with one attached hydrogen (secondary N) is 2. The van der Waals surface area contributed by atoms with Crippen molar-refractivity contribution in [1.29, 1.82) is 0 Å². The minimum absolute atomic E-state index is 0.0574. The molecule has 0 aromatic heterocycles. The van der Waals surface area contributed by atoms with Crippen molar-refractivity contribution in [2.45, 2.75) is 49.6 Å². The molecule has 0 heterocycles. The second-order valence-electron chi connectivity index (χ2n) is 7.41. The first-order valence-electron chi connectivity index (χ1n) is 9.58. The largest absolute Gasteiger partial charge is 0.349 e. The Balaban J connectivity index is 1.52. The van der Waals surface area contributed by atoms with Gasteiger partial charge in [0.25, 0.3) is 0 Å². The lowest BCUT2D eigenvalue weighted by molar-refractivity contribution is -0.126. The normalized spacial score (nSPS) is 20.8. The van der Waals surface area contributed by atoms with E-state index < -0.39 is 10.0 Å². The first-order valence-corrected chi connectivity index (χ1v) is 11.4. The highest BCUT2D eigenvalue weighted by molar-refractivity contribution is 7.89. The first-order chi connectivity index (χ1) is 13.7. The molecule has 0 unspecified atom stereocenters. The van der Waals surface area contributed by atoms with E-state index >= 15 is 0 Å². The second kappa shape index (κ2) is 9.24. The Hall–Kier alpha value is -1.96. The average molecular weight is 439 g/mol. The number of hydrogen-bond donors (Lipinski definition) is 2. The van der Waals surface area contributed by atoms with Gasteiger partial charge in [-0.05, 0) is 68.5 Å². The lowest BCUT2D eigenvalue weighted by Gasteiger charge is -2.29. The zero-order valence-electron chi connectivity index (χ0n) is 16.1. The van der Waals surface area contributed by atoms with Crippen LogP contribution >= 0.6 is 11.6 Å². The summed E-state index contributed by atoms with van der Waals surface area (Å²) in [5.41, 5.74) is 0.836. The van der Waals surface area contributed by atoms with Crippen molar-refractivity contribution in [3.05, 3.63) is 64.9 Å². The molecule has 1 amide bonds. The third-order valence-electron chi connectivity index (χ3n) is 5.25. The number of amides is 1. The van der Waals surface area contributed by atoms with Crippen molar-refractivity contribution < 1.29 is 17.6 Å². The van der Waals surface area contributed by atoms with Crippen LogP contribution in [-0.2, 0) is 14.8 Å². The van der Waals surface area contributed by atoms with E-state index in [1.54, 1.807) is 24.3 Å². The topological polar surface area (TPSA) is 75.3 Å². The van der Waals surface area contributed by atoms with Crippen LogP contribution in [0.15, 0.2) is 53.4 Å². The fourth-order valence-electron chi connectivity index (χ4n) is 3.56. The third-order valence-corrected chi connectivity index (χ3v) is 7.01. The Bertz CT molecular complexity index is 958. The van der Waals surface area contributed by atoms with Gasteiger partial charge in [0, 0.05) is 17.0 Å². The molecule has 0 saturated heterocycles. The van der Waals surface area contributed by atoms with Crippen LogP contribution in [0.25, 0.3) is 0 Å². The number of carbonyl (C=O) groups is 1. The van der Waals surface area contributed by atoms with E-state index in [4.69, 9.17) is 11.6 Å². The molecule has 2 N–H and O–H groups in total. The van der Waals surface area contributed by atoms with E-state index in [0.717, 1.165) is 5.56 Å². The Morgan fingerprint density at radius 1 is 1.10 bits per heavy atom. The van der Waals surface area contributed by atoms with Crippen molar-refractivity contribution in [1.82, 2.24) is 10.0 Å². The number of carbonyl (C=O) groups excluding carboxylic acids is 1. The summed E-state index contributed by atoms with van der Waals surface area (Å²) in [7, 11) is -3.64. The van der Waals surface area contributed by atoms with Crippen LogP contribution in [0.4, 0.5) is 4.39 Å². The minimum atomic E-state index is -3.64. The maximum absolute atomic E-state index is 13.0. The molecule has 2 aromatic rings. The van der Waals surface area contributed by atoms with Crippen LogP contribution in [0.5, 0.6) is 0 Å². The molecule has 3 rings (SSSR count). The Kier molecular flexibility index (Phi) is 6.93. The van der Waals surface area contributed by atoms with Crippen molar-refractivity contribution in [2.75, 3.05) is 0 Å². The zero-order valence-corrected chi connectivity index (χ0v) is 17.6. The summed E-state index contributed by atoms with van der Waals surface area (Å²) >= 11 is 5.89. The van der Waals surface area contributed by atoms with Gasteiger partial charge in [0.2, 0.25) is 15.9 Å². The van der Waals surface area contributed by atoms with Gasteiger partial charge in [0.05, 0.1) is 10.9 Å². The number of hydrogen-bond acceptors (Lipinski definition) is 3. The summed E-state index contributed by atoms with van der Waals surface area (Å²) in [6, 6.07) is 11.8. The van der Waals surface area contributed by atoms with Gasteiger partial charge in [-0.1, -0.05) is 29.8 Å². The predicted octanol–water partition coefficient (Wildman–Crippen LogP) is 4.19. The number of sulfonamides is 1. The van der Waals surface area contributed by atoms with Gasteiger partial charge in [0.1, 0.15) is 5.82 Å². The molecule has 8 heteroatoms. The molecule has 0 radical (unpaired) electrons. The third kappa shape index (κ3) is 5.78. The van der Waals surface area contributed by atoms with E-state index in [-0.39, 0.29) is 34.6 Å². The highest BCUT2D eigenvalue weighted by atomic mass is 35.5. The molecule has 2 aromatic carbocycles. The fraction of sp³-hybridized carbons (Fsp3) is 0.381. The van der Waals surface area contributed by atoms with Crippen LogP contribution in [0.1, 0.15) is 44.2 Å². The molecule has 0 bridgehead atoms. The summed E-state index contributed by atoms with van der Waals surface area (Å²) < 4.78 is 40.8. The van der Waals surface area contributed by atoms with Crippen LogP contribution < -0.4 is 10.0 Å². The molecule has 1 atom stereocenters. The van der Waals surface area contributed by atoms with E-state index in [0.29, 0.717) is 30.7 Å². The smallest absolute Gasteiger partial charge is 0.240 e. The lowest BCUT2D eigenvalue weighted by atomic mass is 9.85. The molecule has 1 saturated carbocycles. The molecule has 1 aliphatic rings. The molecule has 29 heavy (non-hydrogen) atoms. The lowest BCUT2D eigenvalue weighted by Crippen LogP contribution is -2.41. The molecule has 0 spiro atoms. The predicted molar refractivity (Wildman–Crippen MR) is 110 cm³/mol. The SMILES string of the molecule is C[C@@H](NC(=O)[C@H]1CC[C@H](NS(=O)(=O)c2cccc(Cl)c2)CC1)c1ccc(F)cc1. The summed E-state index contributed by atoms with van der Waals surface area (Å²) in [5, 5.41) is 3.33. The van der Waals surface area contributed by atoms with Crippen molar-refractivity contribution in [3.8, 4) is 0 Å². The zero-order chi connectivity index (χ0) is 21.0. The van der Waals surface area contributed by atoms with Crippen LogP contribution in [0.3, 0.4) is 0 Å². The van der Waals surface area contributed by atoms with Gasteiger partial charge in [-0.15, -0.1) is 0 Å². The quantitative estimate of drug-likeness (QED) is 0.709.